The first-order valence-electron chi connectivity index (χ1n) is 25.0. The van der Waals surface area contributed by atoms with Gasteiger partial charge in [-0.3, -0.25) is 53.4 Å². The SMILES string of the molecule is CC[C@H](C)[C@@H]([C@@H](CC(=O)N1CCC[C@H]1[C@H](OC)[C@@H](C)C(=O)NCC(=O)O)OC)N(C)C(=O)CNC(=O)NC(=O)CCCCCN1C(=O)CC(SCCNC(=O)CCNC(=O)[C@H](O)C(C)(C)COP(O)OP(O)OC)C1=O. The number of nitrogens with one attached hydrogen (secondary N) is 5. The highest BCUT2D eigenvalue weighted by molar-refractivity contribution is 8.00. The van der Waals surface area contributed by atoms with Crippen LogP contribution in [-0.2, 0) is 66.0 Å². The monoisotopic (exact) mass is 1140 g/mol. The van der Waals surface area contributed by atoms with Crippen LogP contribution in [0.2, 0.25) is 0 Å². The molecule has 10 amide bonds. The minimum absolute atomic E-state index is 0.00475. The number of imide groups is 2. The predicted octanol–water partition coefficient (Wildman–Crippen LogP) is 0.482. The third kappa shape index (κ3) is 22.6. The van der Waals surface area contributed by atoms with Crippen LogP contribution >= 0.6 is 29.0 Å². The molecule has 0 aromatic heterocycles. The number of nitrogens with zero attached hydrogens (tertiary/aromatic N) is 3. The molecule has 0 aromatic carbocycles. The van der Waals surface area contributed by atoms with Gasteiger partial charge in [-0.05, 0) is 31.6 Å². The summed E-state index contributed by atoms with van der Waals surface area (Å²) in [5.41, 5.74) is -1.18. The van der Waals surface area contributed by atoms with Gasteiger partial charge in [0.05, 0.1) is 55.0 Å². The second kappa shape index (κ2) is 34.6. The van der Waals surface area contributed by atoms with E-state index >= 15 is 0 Å². The molecule has 9 N–H and O–H groups in total. The molecule has 27 nitrogen and oxygen atoms in total. The molecule has 2 aliphatic heterocycles. The molecule has 0 aromatic rings. The Bertz CT molecular complexity index is 1960. The van der Waals surface area contributed by atoms with Gasteiger partial charge >= 0.3 is 29.2 Å². The average Bonchev–Trinajstić information content (AvgIpc) is 3.97. The molecule has 10 atom stereocenters. The number of aliphatic hydroxyl groups excluding tert-OH is 1. The Hall–Kier alpha value is -4.21. The summed E-state index contributed by atoms with van der Waals surface area (Å²) in [6.07, 6.45) is -0.259. The zero-order valence-electron chi connectivity index (χ0n) is 44.9. The number of amides is 10. The summed E-state index contributed by atoms with van der Waals surface area (Å²) in [5, 5.41) is 30.9. The highest BCUT2D eigenvalue weighted by atomic mass is 32.2. The maximum atomic E-state index is 13.9. The van der Waals surface area contributed by atoms with E-state index in [0.29, 0.717) is 50.8 Å². The fourth-order valence-corrected chi connectivity index (χ4v) is 11.0. The molecule has 0 saturated carbocycles. The summed E-state index contributed by atoms with van der Waals surface area (Å²) in [6, 6.07) is -1.95. The van der Waals surface area contributed by atoms with E-state index in [4.69, 9.17) is 19.1 Å². The first kappa shape index (κ1) is 67.9. The normalized spacial score (nSPS) is 18.9. The standard InChI is InChI=1S/C46H80N8O19P2S/c1-10-28(2)39(31(69-7)23-35(57)53-21-14-15-30(53)40(70-8)29(3)42(63)49-26-38(60)61)52(6)37(59)25-50-45(66)51-34(56)16-12-11-13-20-54-36(58)24-32(44(54)65)76-22-19-47-33(55)17-18-48-43(64)41(62)46(4,5)27-72-75(68)73-74(67)71-9/h28-32,39-41,62,67-68H,10-27H2,1-9H3,(H,47,55)(H,48,64)(H,49,63)(H,60,61)(H2,50,51,56,66)/t28-,29+,30-,31+,32?,39-,40+,41-,74?,75?/m0/s1. The minimum Gasteiger partial charge on any atom is -0.480 e. The van der Waals surface area contributed by atoms with Crippen molar-refractivity contribution in [1.82, 2.24) is 41.3 Å². The lowest BCUT2D eigenvalue weighted by atomic mass is 9.87. The van der Waals surface area contributed by atoms with Crippen molar-refractivity contribution < 1.29 is 90.8 Å². The Kier molecular flexibility index (Phi) is 30.9. The maximum Gasteiger partial charge on any atom is 0.337 e. The maximum absolute atomic E-state index is 13.9. The number of carboxylic acid groups (broad SMARTS) is 1. The van der Waals surface area contributed by atoms with Gasteiger partial charge in [-0.2, -0.15) is 0 Å². The van der Waals surface area contributed by atoms with Crippen LogP contribution in [0.1, 0.15) is 98.8 Å². The highest BCUT2D eigenvalue weighted by Crippen LogP contribution is 2.49. The summed E-state index contributed by atoms with van der Waals surface area (Å²) in [7, 11) is 0.722. The number of hydrogen-bond donors (Lipinski definition) is 9. The Morgan fingerprint density at radius 2 is 1.58 bits per heavy atom. The van der Waals surface area contributed by atoms with Crippen LogP contribution in [0.4, 0.5) is 4.79 Å². The van der Waals surface area contributed by atoms with E-state index in [-0.39, 0.29) is 75.6 Å². The van der Waals surface area contributed by atoms with Crippen molar-refractivity contribution in [3.63, 3.8) is 0 Å². The number of carbonyl (C=O) groups excluding carboxylic acids is 9. The van der Waals surface area contributed by atoms with Crippen LogP contribution < -0.4 is 26.6 Å². The van der Waals surface area contributed by atoms with Gasteiger partial charge in [0.25, 0.3) is 0 Å². The molecule has 2 rings (SSSR count). The Labute approximate surface area is 450 Å². The van der Waals surface area contributed by atoms with Crippen LogP contribution in [0.25, 0.3) is 0 Å². The van der Waals surface area contributed by atoms with Crippen molar-refractivity contribution in [2.24, 2.45) is 17.3 Å². The number of likely N-dealkylation sites (tertiary alicyclic amines) is 2. The van der Waals surface area contributed by atoms with E-state index in [1.165, 1.54) is 56.7 Å². The quantitative estimate of drug-likeness (QED) is 0.0234. The zero-order valence-corrected chi connectivity index (χ0v) is 47.5. The number of likely N-dealkylation sites (N-methyl/N-ethyl adjacent to an activating group) is 1. The van der Waals surface area contributed by atoms with E-state index in [2.05, 4.69) is 35.4 Å². The van der Waals surface area contributed by atoms with Crippen molar-refractivity contribution in [3.8, 4) is 0 Å². The predicted molar refractivity (Wildman–Crippen MR) is 277 cm³/mol. The molecule has 0 radical (unpaired) electrons. The lowest BCUT2D eigenvalue weighted by Gasteiger charge is -2.39. The number of thioether (sulfide) groups is 1. The zero-order chi connectivity index (χ0) is 57.3. The number of hydrogen-bond acceptors (Lipinski definition) is 19. The molecular formula is C46H80N8O19P2S. The minimum atomic E-state index is -2.52. The molecule has 0 spiro atoms. The number of carboxylic acids is 1. The fraction of sp³-hybridized carbons (Fsp3) is 0.783. The molecule has 2 fully saturated rings. The summed E-state index contributed by atoms with van der Waals surface area (Å²) < 4.78 is 25.8. The van der Waals surface area contributed by atoms with Gasteiger partial charge < -0.3 is 69.6 Å². The van der Waals surface area contributed by atoms with Crippen LogP contribution in [0.5, 0.6) is 0 Å². The Balaban J connectivity index is 1.73. The van der Waals surface area contributed by atoms with Crippen LogP contribution in [0.3, 0.4) is 0 Å². The summed E-state index contributed by atoms with van der Waals surface area (Å²) in [4.78, 5) is 150. The molecule has 30 heteroatoms. The molecule has 2 heterocycles. The molecule has 0 bridgehead atoms. The van der Waals surface area contributed by atoms with E-state index in [1.54, 1.807) is 18.9 Å². The molecule has 3 unspecified atom stereocenters. The first-order chi connectivity index (χ1) is 35.8. The van der Waals surface area contributed by atoms with Crippen LogP contribution in [-0.4, -0.2) is 210 Å². The van der Waals surface area contributed by atoms with Gasteiger partial charge in [-0.1, -0.05) is 47.5 Å². The number of urea groups is 1. The molecule has 0 aliphatic carbocycles. The second-order valence-electron chi connectivity index (χ2n) is 19.0. The molecule has 2 aliphatic rings. The fourth-order valence-electron chi connectivity index (χ4n) is 8.56. The summed E-state index contributed by atoms with van der Waals surface area (Å²) in [5.74, 6) is -5.54. The molecular weight excluding hydrogens is 1060 g/mol. The Morgan fingerprint density at radius 1 is 0.882 bits per heavy atom. The van der Waals surface area contributed by atoms with Gasteiger partial charge in [0.1, 0.15) is 12.6 Å². The van der Waals surface area contributed by atoms with Crippen molar-refractivity contribution >= 4 is 88.2 Å². The number of rotatable bonds is 36. The number of aliphatic hydroxyl groups is 1. The van der Waals surface area contributed by atoms with E-state index in [9.17, 15) is 62.8 Å². The van der Waals surface area contributed by atoms with Crippen molar-refractivity contribution in [2.45, 2.75) is 134 Å². The lowest BCUT2D eigenvalue weighted by Crippen LogP contribution is -2.54. The first-order valence-corrected chi connectivity index (χ1v) is 28.3. The number of unbranched alkanes of at least 4 members (excludes halogenated alkanes) is 2. The van der Waals surface area contributed by atoms with Gasteiger partial charge in [-0.25, -0.2) is 9.11 Å². The van der Waals surface area contributed by atoms with E-state index in [0.717, 1.165) is 0 Å². The van der Waals surface area contributed by atoms with E-state index in [1.807, 2.05) is 13.8 Å². The third-order valence-corrected chi connectivity index (χ3v) is 16.1. The van der Waals surface area contributed by atoms with Crippen LogP contribution in [0.15, 0.2) is 0 Å². The van der Waals surface area contributed by atoms with Crippen molar-refractivity contribution in [1.29, 1.82) is 0 Å². The number of aliphatic carboxylic acids is 1. The third-order valence-electron chi connectivity index (χ3n) is 13.1. The smallest absolute Gasteiger partial charge is 0.337 e. The summed E-state index contributed by atoms with van der Waals surface area (Å²) in [6.45, 7) is 7.77. The van der Waals surface area contributed by atoms with Gasteiger partial charge in [0, 0.05) is 85.0 Å². The molecule has 434 valence electrons. The van der Waals surface area contributed by atoms with Crippen molar-refractivity contribution in [2.75, 3.05) is 80.0 Å². The Morgan fingerprint density at radius 3 is 2.21 bits per heavy atom. The summed E-state index contributed by atoms with van der Waals surface area (Å²) >= 11 is 1.22. The topological polar surface area (TPSA) is 368 Å². The van der Waals surface area contributed by atoms with Crippen LogP contribution in [0, 0.1) is 17.3 Å². The van der Waals surface area contributed by atoms with Gasteiger partial charge in [0.15, 0.2) is 0 Å². The number of carbonyl (C=O) groups is 10. The molecule has 2 saturated heterocycles. The molecule has 76 heavy (non-hydrogen) atoms. The van der Waals surface area contributed by atoms with E-state index < -0.39 is 119 Å². The lowest BCUT2D eigenvalue weighted by molar-refractivity contribution is -0.146. The van der Waals surface area contributed by atoms with Gasteiger partial charge in [-0.15, -0.1) is 11.8 Å². The largest absolute Gasteiger partial charge is 0.480 e. The highest BCUT2D eigenvalue weighted by Gasteiger charge is 2.43. The average molecular weight is 1140 g/mol. The van der Waals surface area contributed by atoms with Gasteiger partial charge in [0.2, 0.25) is 47.3 Å². The second-order valence-corrected chi connectivity index (χ2v) is 22.6. The van der Waals surface area contributed by atoms with Crippen molar-refractivity contribution in [3.05, 3.63) is 0 Å². The number of ether oxygens (including phenoxy) is 2. The number of methoxy groups -OCH3 is 2.